The van der Waals surface area contributed by atoms with Crippen LogP contribution in [0, 0.1) is 0 Å². The molecule has 2 aromatic rings. The molecular formula is C19H21NO3. The summed E-state index contributed by atoms with van der Waals surface area (Å²) in [4.78, 5) is 5.57. The van der Waals surface area contributed by atoms with Crippen LogP contribution in [0.3, 0.4) is 0 Å². The van der Waals surface area contributed by atoms with Crippen molar-refractivity contribution in [2.24, 2.45) is 0 Å². The van der Waals surface area contributed by atoms with Gasteiger partial charge in [0.05, 0.1) is 6.61 Å². The lowest BCUT2D eigenvalue weighted by Crippen LogP contribution is -2.18. The molecule has 0 saturated heterocycles. The molecule has 0 aromatic heterocycles. The van der Waals surface area contributed by atoms with Crippen molar-refractivity contribution in [1.29, 1.82) is 0 Å². The lowest BCUT2D eigenvalue weighted by atomic mass is 9.87. The molecule has 2 aromatic carbocycles. The minimum Gasteiger partial charge on any atom is -0.508 e. The minimum atomic E-state index is 0.0792. The molecule has 0 heterocycles. The van der Waals surface area contributed by atoms with E-state index in [0.29, 0.717) is 6.61 Å². The first-order valence-corrected chi connectivity index (χ1v) is 7.86. The molecule has 4 heteroatoms. The molecule has 0 aliphatic heterocycles. The van der Waals surface area contributed by atoms with Crippen LogP contribution in [0.2, 0.25) is 0 Å². The second kappa shape index (κ2) is 7.20. The number of hydroxylamine groups is 1. The van der Waals surface area contributed by atoms with Crippen LogP contribution in [0.25, 0.3) is 0 Å². The molecule has 1 atom stereocenters. The summed E-state index contributed by atoms with van der Waals surface area (Å²) in [6.45, 7) is 0.507. The van der Waals surface area contributed by atoms with Crippen molar-refractivity contribution in [3.8, 4) is 11.5 Å². The van der Waals surface area contributed by atoms with Gasteiger partial charge in [-0.25, -0.2) is 0 Å². The summed E-state index contributed by atoms with van der Waals surface area (Å²) in [5, 5.41) is 19.4. The molecule has 0 amide bonds. The van der Waals surface area contributed by atoms with E-state index >= 15 is 0 Å². The third-order valence-electron chi connectivity index (χ3n) is 4.06. The van der Waals surface area contributed by atoms with Gasteiger partial charge in [-0.15, -0.1) is 0 Å². The van der Waals surface area contributed by atoms with Gasteiger partial charge in [0.15, 0.2) is 0 Å². The van der Waals surface area contributed by atoms with Gasteiger partial charge >= 0.3 is 0 Å². The van der Waals surface area contributed by atoms with Gasteiger partial charge < -0.3 is 10.2 Å². The summed E-state index contributed by atoms with van der Waals surface area (Å²) < 4.78 is 0. The van der Waals surface area contributed by atoms with E-state index in [-0.39, 0.29) is 17.4 Å². The largest absolute Gasteiger partial charge is 0.508 e. The topological polar surface area (TPSA) is 61.7 Å². The smallest absolute Gasteiger partial charge is 0.123 e. The zero-order valence-corrected chi connectivity index (χ0v) is 12.9. The van der Waals surface area contributed by atoms with Gasteiger partial charge in [0, 0.05) is 23.2 Å². The summed E-state index contributed by atoms with van der Waals surface area (Å²) >= 11 is 0. The van der Waals surface area contributed by atoms with Crippen LogP contribution in [0.5, 0.6) is 11.5 Å². The van der Waals surface area contributed by atoms with Crippen LogP contribution in [0.15, 0.2) is 60.3 Å². The van der Waals surface area contributed by atoms with Crippen LogP contribution in [0.4, 0.5) is 0 Å². The second-order valence-electron chi connectivity index (χ2n) is 5.81. The van der Waals surface area contributed by atoms with E-state index in [4.69, 9.17) is 4.84 Å². The van der Waals surface area contributed by atoms with Crippen molar-refractivity contribution in [2.75, 3.05) is 0 Å². The fourth-order valence-corrected chi connectivity index (χ4v) is 2.88. The second-order valence-corrected chi connectivity index (χ2v) is 5.81. The Morgan fingerprint density at radius 1 is 1.09 bits per heavy atom. The molecule has 3 rings (SSSR count). The van der Waals surface area contributed by atoms with Crippen molar-refractivity contribution < 1.29 is 15.1 Å². The Kier molecular flexibility index (Phi) is 4.83. The van der Waals surface area contributed by atoms with Crippen molar-refractivity contribution in [2.45, 2.75) is 31.8 Å². The third kappa shape index (κ3) is 4.05. The van der Waals surface area contributed by atoms with Gasteiger partial charge in [0.25, 0.3) is 0 Å². The predicted molar refractivity (Wildman–Crippen MR) is 88.8 cm³/mol. The molecule has 1 aliphatic carbocycles. The summed E-state index contributed by atoms with van der Waals surface area (Å²) in [6, 6.07) is 14.8. The molecule has 3 N–H and O–H groups in total. The maximum atomic E-state index is 10.0. The van der Waals surface area contributed by atoms with Crippen LogP contribution < -0.4 is 5.48 Å². The lowest BCUT2D eigenvalue weighted by Gasteiger charge is -2.23. The number of benzene rings is 2. The summed E-state index contributed by atoms with van der Waals surface area (Å²) in [5.41, 5.74) is 6.02. The Bertz CT molecular complexity index is 682. The zero-order chi connectivity index (χ0) is 16.1. The third-order valence-corrected chi connectivity index (χ3v) is 4.06. The molecule has 1 aliphatic rings. The summed E-state index contributed by atoms with van der Waals surface area (Å²) in [6.07, 6.45) is 5.03. The Labute approximate surface area is 136 Å². The van der Waals surface area contributed by atoms with Gasteiger partial charge in [-0.05, 0) is 30.9 Å². The van der Waals surface area contributed by atoms with Crippen molar-refractivity contribution >= 4 is 0 Å². The molecule has 23 heavy (non-hydrogen) atoms. The number of aromatic hydroxyl groups is 2. The van der Waals surface area contributed by atoms with Gasteiger partial charge in [0.1, 0.15) is 11.5 Å². The van der Waals surface area contributed by atoms with Crippen LogP contribution in [-0.4, -0.2) is 10.2 Å². The molecule has 0 bridgehead atoms. The van der Waals surface area contributed by atoms with Crippen LogP contribution >= 0.6 is 0 Å². The monoisotopic (exact) mass is 311 g/mol. The Balaban J connectivity index is 1.62. The highest BCUT2D eigenvalue weighted by atomic mass is 16.6. The molecular weight excluding hydrogens is 290 g/mol. The fraction of sp³-hybridized carbons (Fsp3) is 0.263. The number of phenolic OH excluding ortho intramolecular Hbond substituents is 2. The van der Waals surface area contributed by atoms with E-state index in [1.807, 2.05) is 30.3 Å². The maximum absolute atomic E-state index is 10.0. The maximum Gasteiger partial charge on any atom is 0.123 e. The zero-order valence-electron chi connectivity index (χ0n) is 12.9. The Morgan fingerprint density at radius 2 is 1.91 bits per heavy atom. The highest BCUT2D eigenvalue weighted by Crippen LogP contribution is 2.36. The Morgan fingerprint density at radius 3 is 2.70 bits per heavy atom. The van der Waals surface area contributed by atoms with Gasteiger partial charge in [-0.1, -0.05) is 42.5 Å². The average molecular weight is 311 g/mol. The molecule has 0 spiro atoms. The molecule has 0 saturated carbocycles. The fourth-order valence-electron chi connectivity index (χ4n) is 2.88. The van der Waals surface area contributed by atoms with E-state index in [0.717, 1.165) is 36.1 Å². The summed E-state index contributed by atoms with van der Waals surface area (Å²) in [5.74, 6) is 0.348. The van der Waals surface area contributed by atoms with E-state index < -0.39 is 0 Å². The van der Waals surface area contributed by atoms with Crippen molar-refractivity contribution in [3.05, 3.63) is 71.4 Å². The van der Waals surface area contributed by atoms with Gasteiger partial charge in [0.2, 0.25) is 0 Å². The average Bonchev–Trinajstić information content (AvgIpc) is 2.56. The normalized spacial score (nSPS) is 17.6. The van der Waals surface area contributed by atoms with Gasteiger partial charge in [-0.3, -0.25) is 10.3 Å². The number of hydrogen-bond donors (Lipinski definition) is 3. The Hall–Kier alpha value is -2.46. The highest BCUT2D eigenvalue weighted by molar-refractivity contribution is 5.43. The van der Waals surface area contributed by atoms with E-state index in [9.17, 15) is 10.2 Å². The number of hydrogen-bond acceptors (Lipinski definition) is 4. The minimum absolute atomic E-state index is 0.0792. The molecule has 4 nitrogen and oxygen atoms in total. The number of allylic oxidation sites excluding steroid dienone is 2. The molecule has 1 unspecified atom stereocenters. The molecule has 0 radical (unpaired) electrons. The van der Waals surface area contributed by atoms with Crippen molar-refractivity contribution in [1.82, 2.24) is 5.48 Å². The number of phenols is 2. The van der Waals surface area contributed by atoms with E-state index in [1.54, 1.807) is 12.1 Å². The van der Waals surface area contributed by atoms with Crippen LogP contribution in [-0.2, 0) is 11.4 Å². The lowest BCUT2D eigenvalue weighted by molar-refractivity contribution is 0.0456. The summed E-state index contributed by atoms with van der Waals surface area (Å²) in [7, 11) is 0. The quantitative estimate of drug-likeness (QED) is 0.731. The molecule has 120 valence electrons. The van der Waals surface area contributed by atoms with Gasteiger partial charge in [-0.2, -0.15) is 0 Å². The van der Waals surface area contributed by atoms with E-state index in [1.165, 1.54) is 6.07 Å². The SMILES string of the molecule is Oc1ccc(C2C=C(NOCc3ccccc3)CCC2)c(O)c1. The number of nitrogens with one attached hydrogen (secondary N) is 1. The number of rotatable bonds is 5. The van der Waals surface area contributed by atoms with Crippen molar-refractivity contribution in [3.63, 3.8) is 0 Å². The first-order chi connectivity index (χ1) is 11.2. The highest BCUT2D eigenvalue weighted by Gasteiger charge is 2.18. The van der Waals surface area contributed by atoms with E-state index in [2.05, 4.69) is 11.6 Å². The molecule has 0 fully saturated rings. The standard InChI is InChI=1S/C19H21NO3/c21-17-9-10-18(19(22)12-17)15-7-4-8-16(11-15)20-23-13-14-5-2-1-3-6-14/h1-3,5-6,9-12,15,20-22H,4,7-8,13H2. The van der Waals surface area contributed by atoms with Crippen LogP contribution in [0.1, 0.15) is 36.3 Å². The first kappa shape index (κ1) is 15.4. The predicted octanol–water partition coefficient (Wildman–Crippen LogP) is 3.97. The first-order valence-electron chi connectivity index (χ1n) is 7.86.